The monoisotopic (exact) mass is 395 g/mol. The zero-order valence-electron chi connectivity index (χ0n) is 13.8. The molecule has 1 fully saturated rings. The first kappa shape index (κ1) is 21.4. The van der Waals surface area contributed by atoms with Crippen molar-refractivity contribution in [3.05, 3.63) is 17.0 Å². The van der Waals surface area contributed by atoms with Crippen LogP contribution in [0.15, 0.2) is 16.3 Å². The summed E-state index contributed by atoms with van der Waals surface area (Å²) in [5, 5.41) is 2.71. The number of hydrogen-bond donors (Lipinski definition) is 3. The molecule has 0 radical (unpaired) electrons. The van der Waals surface area contributed by atoms with E-state index in [9.17, 15) is 13.2 Å². The molecule has 2 rings (SSSR count). The van der Waals surface area contributed by atoms with E-state index in [4.69, 9.17) is 5.73 Å². The third-order valence-corrected chi connectivity index (χ3v) is 7.30. The number of hydrogen-bond acceptors (Lipinski definition) is 5. The van der Waals surface area contributed by atoms with Crippen molar-refractivity contribution in [3.63, 3.8) is 0 Å². The summed E-state index contributed by atoms with van der Waals surface area (Å²) in [6.45, 7) is 2.30. The molecule has 1 aromatic heterocycles. The van der Waals surface area contributed by atoms with E-state index in [1.807, 2.05) is 0 Å². The van der Waals surface area contributed by atoms with Gasteiger partial charge >= 0.3 is 0 Å². The standard InChI is InChI=1S/C15H25N3O3S2.ClH/c1-11(19)17-9-8-13-6-7-15(22-13)23(20,21)18-14(10-16)12-4-2-3-5-12;/h6-7,12,14,18H,2-5,8-10,16H2,1H3,(H,17,19);1H. The summed E-state index contributed by atoms with van der Waals surface area (Å²) >= 11 is 1.24. The van der Waals surface area contributed by atoms with E-state index in [0.29, 0.717) is 29.6 Å². The molecule has 0 spiro atoms. The lowest BCUT2D eigenvalue weighted by atomic mass is 9.99. The topological polar surface area (TPSA) is 101 Å². The lowest BCUT2D eigenvalue weighted by Gasteiger charge is -2.22. The molecule has 4 N–H and O–H groups in total. The number of sulfonamides is 1. The Hall–Kier alpha value is -0.670. The van der Waals surface area contributed by atoms with Crippen molar-refractivity contribution in [1.29, 1.82) is 0 Å². The summed E-state index contributed by atoms with van der Waals surface area (Å²) in [5.41, 5.74) is 5.77. The first-order valence-corrected chi connectivity index (χ1v) is 10.3. The Morgan fingerprint density at radius 2 is 2.04 bits per heavy atom. The third kappa shape index (κ3) is 6.00. The maximum absolute atomic E-state index is 12.5. The van der Waals surface area contributed by atoms with Crippen LogP contribution in [0.1, 0.15) is 37.5 Å². The maximum Gasteiger partial charge on any atom is 0.250 e. The number of rotatable bonds is 8. The summed E-state index contributed by atoms with van der Waals surface area (Å²) in [5.74, 6) is 0.257. The van der Waals surface area contributed by atoms with Gasteiger partial charge in [0.15, 0.2) is 0 Å². The second-order valence-electron chi connectivity index (χ2n) is 5.96. The molecule has 1 aliphatic rings. The smallest absolute Gasteiger partial charge is 0.250 e. The fourth-order valence-corrected chi connectivity index (χ4v) is 5.64. The normalized spacial score (nSPS) is 16.6. The van der Waals surface area contributed by atoms with Gasteiger partial charge in [0.05, 0.1) is 0 Å². The zero-order chi connectivity index (χ0) is 16.9. The van der Waals surface area contributed by atoms with E-state index in [-0.39, 0.29) is 24.4 Å². The van der Waals surface area contributed by atoms with Gasteiger partial charge in [0.2, 0.25) is 15.9 Å². The lowest BCUT2D eigenvalue weighted by Crippen LogP contribution is -2.44. The minimum absolute atomic E-state index is 0. The van der Waals surface area contributed by atoms with Crippen molar-refractivity contribution in [2.75, 3.05) is 13.1 Å². The van der Waals surface area contributed by atoms with Crippen LogP contribution < -0.4 is 15.8 Å². The molecular formula is C15H26ClN3O3S2. The van der Waals surface area contributed by atoms with Crippen molar-refractivity contribution in [2.24, 2.45) is 11.7 Å². The van der Waals surface area contributed by atoms with Gasteiger partial charge in [0.25, 0.3) is 0 Å². The third-order valence-electron chi connectivity index (χ3n) is 4.18. The molecule has 24 heavy (non-hydrogen) atoms. The van der Waals surface area contributed by atoms with Gasteiger partial charge in [0, 0.05) is 30.9 Å². The SMILES string of the molecule is CC(=O)NCCc1ccc(S(=O)(=O)NC(CN)C2CCCC2)s1.Cl. The molecule has 1 aliphatic carbocycles. The van der Waals surface area contributed by atoms with Gasteiger partial charge in [0.1, 0.15) is 4.21 Å². The Bertz CT molecular complexity index is 628. The van der Waals surface area contributed by atoms with Crippen LogP contribution in [0.25, 0.3) is 0 Å². The highest BCUT2D eigenvalue weighted by Crippen LogP contribution is 2.29. The van der Waals surface area contributed by atoms with E-state index in [1.165, 1.54) is 18.3 Å². The number of nitrogens with one attached hydrogen (secondary N) is 2. The summed E-state index contributed by atoms with van der Waals surface area (Å²) in [4.78, 5) is 11.8. The van der Waals surface area contributed by atoms with Crippen LogP contribution in [0.2, 0.25) is 0 Å². The number of carbonyl (C=O) groups excluding carboxylic acids is 1. The zero-order valence-corrected chi connectivity index (χ0v) is 16.2. The van der Waals surface area contributed by atoms with Crippen LogP contribution in [0.4, 0.5) is 0 Å². The second kappa shape index (κ2) is 9.72. The fourth-order valence-electron chi connectivity index (χ4n) is 2.95. The van der Waals surface area contributed by atoms with Crippen LogP contribution in [0.3, 0.4) is 0 Å². The van der Waals surface area contributed by atoms with Crippen molar-refractivity contribution >= 4 is 39.7 Å². The van der Waals surface area contributed by atoms with Crippen LogP contribution in [-0.4, -0.2) is 33.5 Å². The highest BCUT2D eigenvalue weighted by molar-refractivity contribution is 7.91. The molecule has 138 valence electrons. The minimum Gasteiger partial charge on any atom is -0.356 e. The first-order valence-electron chi connectivity index (χ1n) is 7.98. The molecule has 0 aliphatic heterocycles. The van der Waals surface area contributed by atoms with Gasteiger partial charge < -0.3 is 11.1 Å². The Morgan fingerprint density at radius 3 is 2.62 bits per heavy atom. The largest absolute Gasteiger partial charge is 0.356 e. The molecule has 1 heterocycles. The average molecular weight is 396 g/mol. The van der Waals surface area contributed by atoms with E-state index in [2.05, 4.69) is 10.0 Å². The predicted octanol–water partition coefficient (Wildman–Crippen LogP) is 1.64. The molecule has 1 amide bonds. The van der Waals surface area contributed by atoms with E-state index >= 15 is 0 Å². The fraction of sp³-hybridized carbons (Fsp3) is 0.667. The van der Waals surface area contributed by atoms with Crippen molar-refractivity contribution in [1.82, 2.24) is 10.0 Å². The summed E-state index contributed by atoms with van der Waals surface area (Å²) in [6.07, 6.45) is 5.00. The molecule has 1 atom stereocenters. The van der Waals surface area contributed by atoms with Crippen LogP contribution >= 0.6 is 23.7 Å². The van der Waals surface area contributed by atoms with Gasteiger partial charge in [-0.1, -0.05) is 12.8 Å². The van der Waals surface area contributed by atoms with Crippen molar-refractivity contribution < 1.29 is 13.2 Å². The number of amides is 1. The molecule has 9 heteroatoms. The van der Waals surface area contributed by atoms with E-state index in [1.54, 1.807) is 12.1 Å². The number of carbonyl (C=O) groups is 1. The molecule has 0 saturated heterocycles. The molecule has 6 nitrogen and oxygen atoms in total. The maximum atomic E-state index is 12.5. The van der Waals surface area contributed by atoms with Gasteiger partial charge in [-0.2, -0.15) is 0 Å². The molecule has 1 unspecified atom stereocenters. The van der Waals surface area contributed by atoms with Gasteiger partial charge in [-0.3, -0.25) is 4.79 Å². The molecule has 1 aromatic rings. The summed E-state index contributed by atoms with van der Waals surface area (Å²) in [7, 11) is -3.53. The Labute approximate surface area is 154 Å². The Morgan fingerprint density at radius 1 is 1.38 bits per heavy atom. The lowest BCUT2D eigenvalue weighted by molar-refractivity contribution is -0.118. The van der Waals surface area contributed by atoms with Gasteiger partial charge in [-0.25, -0.2) is 13.1 Å². The number of halogens is 1. The number of nitrogens with two attached hydrogens (primary N) is 1. The average Bonchev–Trinajstić information content (AvgIpc) is 3.16. The predicted molar refractivity (Wildman–Crippen MR) is 99.1 cm³/mol. The highest BCUT2D eigenvalue weighted by atomic mass is 35.5. The van der Waals surface area contributed by atoms with Crippen molar-refractivity contribution in [3.8, 4) is 0 Å². The van der Waals surface area contributed by atoms with Crippen LogP contribution in [0.5, 0.6) is 0 Å². The molecule has 0 bridgehead atoms. The van der Waals surface area contributed by atoms with Crippen molar-refractivity contribution in [2.45, 2.75) is 49.3 Å². The summed E-state index contributed by atoms with van der Waals surface area (Å²) < 4.78 is 28.1. The molecule has 0 aromatic carbocycles. The second-order valence-corrected chi connectivity index (χ2v) is 9.07. The molecular weight excluding hydrogens is 370 g/mol. The van der Waals surface area contributed by atoms with Crippen LogP contribution in [0, 0.1) is 5.92 Å². The van der Waals surface area contributed by atoms with E-state index in [0.717, 1.165) is 30.6 Å². The quantitative estimate of drug-likeness (QED) is 0.622. The molecule has 1 saturated carbocycles. The van der Waals surface area contributed by atoms with Crippen LogP contribution in [-0.2, 0) is 21.2 Å². The van der Waals surface area contributed by atoms with Gasteiger partial charge in [-0.15, -0.1) is 23.7 Å². The van der Waals surface area contributed by atoms with E-state index < -0.39 is 10.0 Å². The Kier molecular flexibility index (Phi) is 8.66. The first-order chi connectivity index (χ1) is 10.9. The minimum atomic E-state index is -3.53. The number of thiophene rings is 1. The van der Waals surface area contributed by atoms with Gasteiger partial charge in [-0.05, 0) is 37.3 Å². The highest BCUT2D eigenvalue weighted by Gasteiger charge is 2.29. The summed E-state index contributed by atoms with van der Waals surface area (Å²) in [6, 6.07) is 3.24. The Balaban J connectivity index is 0.00000288.